The Balaban J connectivity index is 2.00. The molecule has 8 nitrogen and oxygen atoms in total. The second-order valence-electron chi connectivity index (χ2n) is 6.05. The molecule has 0 spiro atoms. The van der Waals surface area contributed by atoms with Crippen molar-refractivity contribution in [2.45, 2.75) is 12.5 Å². The second kappa shape index (κ2) is 6.69. The number of hydrogen-bond donors (Lipinski definition) is 2. The van der Waals surface area contributed by atoms with Crippen LogP contribution in [0.5, 0.6) is 0 Å². The van der Waals surface area contributed by atoms with Gasteiger partial charge in [-0.05, 0) is 25.1 Å². The van der Waals surface area contributed by atoms with Crippen LogP contribution in [-0.4, -0.2) is 49.7 Å². The third kappa shape index (κ3) is 3.42. The van der Waals surface area contributed by atoms with Crippen molar-refractivity contribution in [2.24, 2.45) is 15.7 Å². The molecule has 1 aliphatic heterocycles. The van der Waals surface area contributed by atoms with E-state index in [2.05, 4.69) is 20.3 Å². The van der Waals surface area contributed by atoms with Gasteiger partial charge < -0.3 is 11.1 Å². The predicted octanol–water partition coefficient (Wildman–Crippen LogP) is 1.74. The van der Waals surface area contributed by atoms with Crippen molar-refractivity contribution < 1.29 is 8.42 Å². The number of aliphatic imine (C=N–C) groups is 2. The first-order chi connectivity index (χ1) is 12.2. The normalized spacial score (nSPS) is 22.4. The number of aromatic nitrogens is 1. The molecule has 3 heterocycles. The molecule has 0 bridgehead atoms. The number of nitrogens with one attached hydrogen (secondary N) is 1. The lowest BCUT2D eigenvalue weighted by Gasteiger charge is -2.33. The van der Waals surface area contributed by atoms with Crippen molar-refractivity contribution in [3.63, 3.8) is 0 Å². The molecular weight excluding hydrogens is 372 g/mol. The number of sulfonamides is 1. The maximum Gasteiger partial charge on any atom is 0.239 e. The van der Waals surface area contributed by atoms with Gasteiger partial charge in [-0.25, -0.2) is 27.7 Å². The van der Waals surface area contributed by atoms with Gasteiger partial charge in [0, 0.05) is 31.4 Å². The Morgan fingerprint density at radius 2 is 2.23 bits per heavy atom. The van der Waals surface area contributed by atoms with E-state index in [0.717, 1.165) is 19.7 Å². The number of guanidine groups is 1. The van der Waals surface area contributed by atoms with Gasteiger partial charge in [-0.1, -0.05) is 6.07 Å². The topological polar surface area (TPSA) is 113 Å². The van der Waals surface area contributed by atoms with Crippen LogP contribution in [0, 0.1) is 0 Å². The summed E-state index contributed by atoms with van der Waals surface area (Å²) in [7, 11) is -0.302. The zero-order chi connectivity index (χ0) is 18.9. The molecule has 0 aromatic carbocycles. The van der Waals surface area contributed by atoms with E-state index in [-0.39, 0.29) is 11.7 Å². The van der Waals surface area contributed by atoms with Crippen molar-refractivity contribution in [3.8, 4) is 0 Å². The van der Waals surface area contributed by atoms with Gasteiger partial charge in [-0.15, -0.1) is 11.3 Å². The minimum Gasteiger partial charge on any atom is -0.387 e. The zero-order valence-electron chi connectivity index (χ0n) is 14.7. The standard InChI is InChI=1S/C16H20N6O2S2/c1-16(10-26(23,24)22(3)15(17)21-16)13-8-11(18-2)12(25-13)9-20-14-6-4-5-7-19-14/h4-9,18H,10H2,1-3H3,(H2,17,21)/t16-/m0/s1. The lowest BCUT2D eigenvalue weighted by molar-refractivity contribution is 0.482. The molecule has 10 heteroatoms. The van der Waals surface area contributed by atoms with Gasteiger partial charge in [0.15, 0.2) is 5.82 Å². The molecule has 0 saturated carbocycles. The fourth-order valence-corrected chi connectivity index (χ4v) is 5.26. The SMILES string of the molecule is CNc1cc([C@]2(C)CS(=O)(=O)N(C)C(N)=N2)sc1C=Nc1ccccn1. The third-order valence-electron chi connectivity index (χ3n) is 4.09. The van der Waals surface area contributed by atoms with Crippen molar-refractivity contribution in [1.82, 2.24) is 9.29 Å². The summed E-state index contributed by atoms with van der Waals surface area (Å²) in [6.45, 7) is 1.77. The Hall–Kier alpha value is -2.46. The minimum absolute atomic E-state index is 0.0122. The van der Waals surface area contributed by atoms with E-state index in [1.165, 1.54) is 18.4 Å². The maximum atomic E-state index is 12.4. The molecule has 2 aromatic rings. The Kier molecular flexibility index (Phi) is 4.72. The second-order valence-corrected chi connectivity index (χ2v) is 9.14. The van der Waals surface area contributed by atoms with Gasteiger partial charge in [0.05, 0.1) is 16.3 Å². The summed E-state index contributed by atoms with van der Waals surface area (Å²) >= 11 is 1.43. The highest BCUT2D eigenvalue weighted by Crippen LogP contribution is 2.39. The molecule has 26 heavy (non-hydrogen) atoms. The predicted molar refractivity (Wildman–Crippen MR) is 106 cm³/mol. The van der Waals surface area contributed by atoms with E-state index < -0.39 is 15.6 Å². The van der Waals surface area contributed by atoms with E-state index >= 15 is 0 Å². The molecule has 0 amide bonds. The van der Waals surface area contributed by atoms with E-state index in [0.29, 0.717) is 5.82 Å². The van der Waals surface area contributed by atoms with E-state index in [9.17, 15) is 8.42 Å². The average molecular weight is 393 g/mol. The minimum atomic E-state index is -3.51. The number of hydrogen-bond acceptors (Lipinski definition) is 8. The van der Waals surface area contributed by atoms with Crippen LogP contribution in [0.25, 0.3) is 0 Å². The Morgan fingerprint density at radius 1 is 1.46 bits per heavy atom. The Bertz CT molecular complexity index is 968. The van der Waals surface area contributed by atoms with Gasteiger partial charge in [0.25, 0.3) is 0 Å². The quantitative estimate of drug-likeness (QED) is 0.770. The van der Waals surface area contributed by atoms with Crippen LogP contribution in [0.15, 0.2) is 40.4 Å². The average Bonchev–Trinajstić information content (AvgIpc) is 3.02. The maximum absolute atomic E-state index is 12.4. The molecule has 0 fully saturated rings. The summed E-state index contributed by atoms with van der Waals surface area (Å²) < 4.78 is 25.8. The van der Waals surface area contributed by atoms with Gasteiger partial charge in [-0.2, -0.15) is 0 Å². The van der Waals surface area contributed by atoms with Gasteiger partial charge in [0.2, 0.25) is 16.0 Å². The number of nitrogens with zero attached hydrogens (tertiary/aromatic N) is 4. The first-order valence-electron chi connectivity index (χ1n) is 7.84. The number of nitrogens with two attached hydrogens (primary N) is 1. The lowest BCUT2D eigenvalue weighted by Crippen LogP contribution is -2.50. The van der Waals surface area contributed by atoms with Crippen LogP contribution in [-0.2, 0) is 15.6 Å². The molecule has 0 saturated heterocycles. The summed E-state index contributed by atoms with van der Waals surface area (Å²) in [6, 6.07) is 7.38. The summed E-state index contributed by atoms with van der Waals surface area (Å²) in [5.41, 5.74) is 5.73. The highest BCUT2D eigenvalue weighted by molar-refractivity contribution is 7.89. The molecule has 0 aliphatic carbocycles. The first kappa shape index (κ1) is 18.3. The van der Waals surface area contributed by atoms with Crippen LogP contribution in [0.4, 0.5) is 11.5 Å². The van der Waals surface area contributed by atoms with E-state index in [4.69, 9.17) is 5.73 Å². The van der Waals surface area contributed by atoms with Crippen LogP contribution < -0.4 is 11.1 Å². The molecule has 138 valence electrons. The van der Waals surface area contributed by atoms with Crippen molar-refractivity contribution in [3.05, 3.63) is 40.2 Å². The number of pyridine rings is 1. The molecule has 3 rings (SSSR count). The molecule has 1 aliphatic rings. The van der Waals surface area contributed by atoms with Crippen LogP contribution in [0.1, 0.15) is 16.7 Å². The number of rotatable bonds is 4. The van der Waals surface area contributed by atoms with E-state index in [1.54, 1.807) is 32.4 Å². The summed E-state index contributed by atoms with van der Waals surface area (Å²) in [5, 5.41) is 3.11. The van der Waals surface area contributed by atoms with Gasteiger partial charge in [0.1, 0.15) is 5.54 Å². The number of thiophene rings is 1. The van der Waals surface area contributed by atoms with Crippen LogP contribution in [0.2, 0.25) is 0 Å². The third-order valence-corrected chi connectivity index (χ3v) is 7.36. The van der Waals surface area contributed by atoms with Crippen molar-refractivity contribution in [1.29, 1.82) is 0 Å². The van der Waals surface area contributed by atoms with Gasteiger partial charge >= 0.3 is 0 Å². The monoisotopic (exact) mass is 392 g/mol. The van der Waals surface area contributed by atoms with Crippen molar-refractivity contribution >= 4 is 45.0 Å². The Labute approximate surface area is 156 Å². The zero-order valence-corrected chi connectivity index (χ0v) is 16.3. The summed E-state index contributed by atoms with van der Waals surface area (Å²) in [6.07, 6.45) is 3.38. The molecular formula is C16H20N6O2S2. The smallest absolute Gasteiger partial charge is 0.239 e. The lowest BCUT2D eigenvalue weighted by atomic mass is 10.0. The highest BCUT2D eigenvalue weighted by atomic mass is 32.2. The van der Waals surface area contributed by atoms with Crippen molar-refractivity contribution in [2.75, 3.05) is 25.2 Å². The summed E-state index contributed by atoms with van der Waals surface area (Å²) in [5.74, 6) is 0.444. The molecule has 2 aromatic heterocycles. The largest absolute Gasteiger partial charge is 0.387 e. The summed E-state index contributed by atoms with van der Waals surface area (Å²) in [4.78, 5) is 14.6. The molecule has 0 radical (unpaired) electrons. The van der Waals surface area contributed by atoms with Crippen LogP contribution >= 0.6 is 11.3 Å². The molecule has 1 atom stereocenters. The van der Waals surface area contributed by atoms with Gasteiger partial charge in [-0.3, -0.25) is 0 Å². The number of anilines is 1. The fourth-order valence-electron chi connectivity index (χ4n) is 2.59. The fraction of sp³-hybridized carbons (Fsp3) is 0.312. The van der Waals surface area contributed by atoms with E-state index in [1.807, 2.05) is 18.2 Å². The first-order valence-corrected chi connectivity index (χ1v) is 10.3. The molecule has 0 unspecified atom stereocenters. The Morgan fingerprint density at radius 3 is 2.85 bits per heavy atom. The van der Waals surface area contributed by atoms with Crippen LogP contribution in [0.3, 0.4) is 0 Å². The molecule has 3 N–H and O–H groups in total. The highest BCUT2D eigenvalue weighted by Gasteiger charge is 2.41.